The van der Waals surface area contributed by atoms with E-state index in [0.717, 1.165) is 32.1 Å². The van der Waals surface area contributed by atoms with Gasteiger partial charge in [-0.1, -0.05) is 79.6 Å². The van der Waals surface area contributed by atoms with Crippen LogP contribution >= 0.6 is 0 Å². The molecule has 0 aliphatic heterocycles. The molecule has 0 saturated carbocycles. The molecule has 0 aromatic carbocycles. The molecule has 0 spiro atoms. The molecule has 0 radical (unpaired) electrons. The quantitative estimate of drug-likeness (QED) is 0.266. The van der Waals surface area contributed by atoms with Crippen molar-refractivity contribution in [2.75, 3.05) is 0 Å². The molecule has 2 nitrogen and oxygen atoms in total. The molecule has 0 rings (SSSR count). The monoisotopic (exact) mass is 358 g/mol. The van der Waals surface area contributed by atoms with Crippen molar-refractivity contribution in [2.45, 2.75) is 136 Å². The fraction of sp³-hybridized carbons (Fsp3) is 1.00. The van der Waals surface area contributed by atoms with Crippen molar-refractivity contribution in [3.8, 4) is 0 Å². The molecule has 2 atom stereocenters. The van der Waals surface area contributed by atoms with Crippen molar-refractivity contribution < 1.29 is 9.53 Å². The van der Waals surface area contributed by atoms with Gasteiger partial charge in [-0.15, -0.1) is 0 Å². The Balaban J connectivity index is 4.37. The number of rotatable bonds is 14. The number of hydrogen-bond donors (Lipinski definition) is 1. The molecule has 0 aliphatic rings. The first-order chi connectivity index (χ1) is 11.1. The summed E-state index contributed by atoms with van der Waals surface area (Å²) in [6, 6.07) is 0. The molecular formula is C21H46O2Si. The van der Waals surface area contributed by atoms with Crippen LogP contribution in [0.5, 0.6) is 0 Å². The third kappa shape index (κ3) is 10.9. The third-order valence-corrected chi connectivity index (χ3v) is 10.1. The lowest BCUT2D eigenvalue weighted by atomic mass is 10.0. The van der Waals surface area contributed by atoms with Crippen LogP contribution in [-0.2, 0) is 4.43 Å². The number of aliphatic hydroxyl groups is 1. The van der Waals surface area contributed by atoms with E-state index >= 15 is 0 Å². The van der Waals surface area contributed by atoms with Crippen molar-refractivity contribution in [2.24, 2.45) is 0 Å². The maximum Gasteiger partial charge on any atom is 0.192 e. The standard InChI is InChI=1S/C21H46O2Si/c1-8-10-11-12-17-20(23-24(6,7)21(3,4)5)18-14-13-16-19(22)15-9-2/h19-20,22H,8-18H2,1-7H3/t19?,20-/m0/s1. The zero-order chi connectivity index (χ0) is 18.6. The van der Waals surface area contributed by atoms with E-state index in [-0.39, 0.29) is 11.1 Å². The second kappa shape index (κ2) is 12.5. The molecule has 146 valence electrons. The second-order valence-electron chi connectivity index (χ2n) is 9.08. The Labute approximate surface area is 153 Å². The minimum absolute atomic E-state index is 0.0979. The lowest BCUT2D eigenvalue weighted by molar-refractivity contribution is 0.137. The Morgan fingerprint density at radius 2 is 1.33 bits per heavy atom. The molecule has 0 fully saturated rings. The van der Waals surface area contributed by atoms with Crippen LogP contribution in [0, 0.1) is 0 Å². The summed E-state index contributed by atoms with van der Waals surface area (Å²) in [5.74, 6) is 0. The van der Waals surface area contributed by atoms with Gasteiger partial charge in [0.2, 0.25) is 0 Å². The second-order valence-corrected chi connectivity index (χ2v) is 13.8. The zero-order valence-electron chi connectivity index (χ0n) is 17.8. The van der Waals surface area contributed by atoms with Crippen molar-refractivity contribution in [1.82, 2.24) is 0 Å². The maximum absolute atomic E-state index is 9.88. The molecular weight excluding hydrogens is 312 g/mol. The minimum atomic E-state index is -1.68. The Kier molecular flexibility index (Phi) is 12.6. The highest BCUT2D eigenvalue weighted by Crippen LogP contribution is 2.38. The Morgan fingerprint density at radius 1 is 0.792 bits per heavy atom. The van der Waals surface area contributed by atoms with E-state index in [1.807, 2.05) is 0 Å². The first-order valence-corrected chi connectivity index (χ1v) is 13.4. The van der Waals surface area contributed by atoms with Crippen molar-refractivity contribution in [3.63, 3.8) is 0 Å². The molecule has 0 aromatic rings. The largest absolute Gasteiger partial charge is 0.414 e. The van der Waals surface area contributed by atoms with Crippen molar-refractivity contribution in [1.29, 1.82) is 0 Å². The maximum atomic E-state index is 9.88. The van der Waals surface area contributed by atoms with Gasteiger partial charge in [-0.05, 0) is 43.8 Å². The van der Waals surface area contributed by atoms with Crippen LogP contribution in [0.3, 0.4) is 0 Å². The lowest BCUT2D eigenvalue weighted by Gasteiger charge is -2.39. The molecule has 0 amide bonds. The van der Waals surface area contributed by atoms with E-state index in [4.69, 9.17) is 4.43 Å². The Morgan fingerprint density at radius 3 is 1.83 bits per heavy atom. The molecule has 0 aliphatic carbocycles. The highest BCUT2D eigenvalue weighted by Gasteiger charge is 2.38. The van der Waals surface area contributed by atoms with Gasteiger partial charge in [0.1, 0.15) is 0 Å². The van der Waals surface area contributed by atoms with Crippen LogP contribution in [0.15, 0.2) is 0 Å². The third-order valence-electron chi connectivity index (χ3n) is 5.58. The van der Waals surface area contributed by atoms with E-state index < -0.39 is 8.32 Å². The van der Waals surface area contributed by atoms with Crippen LogP contribution in [-0.4, -0.2) is 25.6 Å². The molecule has 0 aromatic heterocycles. The van der Waals surface area contributed by atoms with Gasteiger partial charge in [0.05, 0.1) is 6.10 Å². The molecule has 1 unspecified atom stereocenters. The summed E-state index contributed by atoms with van der Waals surface area (Å²) >= 11 is 0. The number of hydrogen-bond acceptors (Lipinski definition) is 2. The Bertz CT molecular complexity index is 297. The van der Waals surface area contributed by atoms with E-state index in [9.17, 15) is 5.11 Å². The van der Waals surface area contributed by atoms with Gasteiger partial charge >= 0.3 is 0 Å². The van der Waals surface area contributed by atoms with Gasteiger partial charge in [-0.2, -0.15) is 0 Å². The predicted octanol–water partition coefficient (Wildman–Crippen LogP) is 7.07. The summed E-state index contributed by atoms with van der Waals surface area (Å²) in [5, 5.41) is 10.2. The molecule has 0 saturated heterocycles. The fourth-order valence-corrected chi connectivity index (χ4v) is 4.31. The average Bonchev–Trinajstić information content (AvgIpc) is 2.46. The summed E-state index contributed by atoms with van der Waals surface area (Å²) in [4.78, 5) is 0. The fourth-order valence-electron chi connectivity index (χ4n) is 2.88. The van der Waals surface area contributed by atoms with E-state index in [1.165, 1.54) is 38.5 Å². The van der Waals surface area contributed by atoms with Crippen LogP contribution in [0.2, 0.25) is 18.1 Å². The highest BCUT2D eigenvalue weighted by molar-refractivity contribution is 6.74. The van der Waals surface area contributed by atoms with Crippen LogP contribution in [0.1, 0.15) is 105 Å². The van der Waals surface area contributed by atoms with E-state index in [2.05, 4.69) is 47.7 Å². The van der Waals surface area contributed by atoms with Gasteiger partial charge in [0.25, 0.3) is 0 Å². The van der Waals surface area contributed by atoms with Gasteiger partial charge in [0, 0.05) is 6.10 Å². The van der Waals surface area contributed by atoms with E-state index in [1.54, 1.807) is 0 Å². The number of unbranched alkanes of at least 4 members (excludes halogenated alkanes) is 4. The van der Waals surface area contributed by atoms with Gasteiger partial charge in [-0.3, -0.25) is 0 Å². The predicted molar refractivity (Wildman–Crippen MR) is 110 cm³/mol. The summed E-state index contributed by atoms with van der Waals surface area (Å²) in [6.45, 7) is 16.1. The summed E-state index contributed by atoms with van der Waals surface area (Å²) in [5.41, 5.74) is 0. The van der Waals surface area contributed by atoms with Crippen molar-refractivity contribution >= 4 is 8.32 Å². The molecule has 24 heavy (non-hydrogen) atoms. The molecule has 0 bridgehead atoms. The van der Waals surface area contributed by atoms with E-state index in [0.29, 0.717) is 6.10 Å². The van der Waals surface area contributed by atoms with Gasteiger partial charge < -0.3 is 9.53 Å². The normalized spacial score (nSPS) is 15.5. The van der Waals surface area contributed by atoms with Gasteiger partial charge in [-0.25, -0.2) is 0 Å². The SMILES string of the molecule is CCCCCC[C@@H](CCCCC(O)CCC)O[Si](C)(C)C(C)(C)C. The average molecular weight is 359 g/mol. The first-order valence-electron chi connectivity index (χ1n) is 10.5. The van der Waals surface area contributed by atoms with Crippen LogP contribution in [0.4, 0.5) is 0 Å². The lowest BCUT2D eigenvalue weighted by Crippen LogP contribution is -2.44. The number of aliphatic hydroxyl groups excluding tert-OH is 1. The summed E-state index contributed by atoms with van der Waals surface area (Å²) < 4.78 is 6.71. The molecule has 0 heterocycles. The molecule has 1 N–H and O–H groups in total. The van der Waals surface area contributed by atoms with Crippen molar-refractivity contribution in [3.05, 3.63) is 0 Å². The topological polar surface area (TPSA) is 29.5 Å². The minimum Gasteiger partial charge on any atom is -0.414 e. The Hall–Kier alpha value is 0.137. The van der Waals surface area contributed by atoms with Crippen LogP contribution < -0.4 is 0 Å². The smallest absolute Gasteiger partial charge is 0.192 e. The highest BCUT2D eigenvalue weighted by atomic mass is 28.4. The first kappa shape index (κ1) is 24.1. The summed E-state index contributed by atoms with van der Waals surface area (Å²) in [7, 11) is -1.68. The van der Waals surface area contributed by atoms with Crippen LogP contribution in [0.25, 0.3) is 0 Å². The van der Waals surface area contributed by atoms with Gasteiger partial charge in [0.15, 0.2) is 8.32 Å². The molecule has 3 heteroatoms. The summed E-state index contributed by atoms with van der Waals surface area (Å²) in [6.07, 6.45) is 13.3. The zero-order valence-corrected chi connectivity index (χ0v) is 18.8.